The van der Waals surface area contributed by atoms with E-state index in [2.05, 4.69) is 26.6 Å². The molecule has 3 N–H and O–H groups in total. The predicted octanol–water partition coefficient (Wildman–Crippen LogP) is 3.09. The molecule has 21 heavy (non-hydrogen) atoms. The van der Waals surface area contributed by atoms with Crippen LogP contribution in [0.3, 0.4) is 0 Å². The SMILES string of the molecule is CCC(CC)(NC(=O)Nc1cc(Br)ccc1C#N)C(=O)O. The highest BCUT2D eigenvalue weighted by Crippen LogP contribution is 2.21. The zero-order valence-electron chi connectivity index (χ0n) is 11.7. The van der Waals surface area contributed by atoms with Gasteiger partial charge >= 0.3 is 12.0 Å². The number of hydrogen-bond donors (Lipinski definition) is 3. The number of aliphatic carboxylic acids is 1. The first-order valence-electron chi connectivity index (χ1n) is 6.40. The molecular formula is C14H16BrN3O3. The summed E-state index contributed by atoms with van der Waals surface area (Å²) in [7, 11) is 0. The number of urea groups is 1. The Labute approximate surface area is 131 Å². The summed E-state index contributed by atoms with van der Waals surface area (Å²) in [5, 5.41) is 23.3. The summed E-state index contributed by atoms with van der Waals surface area (Å²) >= 11 is 3.25. The normalized spacial score (nSPS) is 10.6. The van der Waals surface area contributed by atoms with Gasteiger partial charge in [0.2, 0.25) is 0 Å². The molecule has 0 aliphatic heterocycles. The fourth-order valence-electron chi connectivity index (χ4n) is 1.87. The van der Waals surface area contributed by atoms with E-state index in [0.29, 0.717) is 15.7 Å². The van der Waals surface area contributed by atoms with E-state index < -0.39 is 17.5 Å². The van der Waals surface area contributed by atoms with Crippen LogP contribution in [0, 0.1) is 11.3 Å². The Bertz CT molecular complexity index is 592. The van der Waals surface area contributed by atoms with Gasteiger partial charge in [-0.3, -0.25) is 0 Å². The Morgan fingerprint density at radius 1 is 1.38 bits per heavy atom. The third kappa shape index (κ3) is 3.95. The number of carbonyl (C=O) groups excluding carboxylic acids is 1. The topological polar surface area (TPSA) is 102 Å². The number of carbonyl (C=O) groups is 2. The highest BCUT2D eigenvalue weighted by atomic mass is 79.9. The Morgan fingerprint density at radius 2 is 2.00 bits per heavy atom. The van der Waals surface area contributed by atoms with Gasteiger partial charge in [0.05, 0.1) is 11.3 Å². The predicted molar refractivity (Wildman–Crippen MR) is 82.0 cm³/mol. The maximum atomic E-state index is 12.0. The van der Waals surface area contributed by atoms with Gasteiger partial charge in [0.15, 0.2) is 0 Å². The minimum atomic E-state index is -1.32. The van der Waals surface area contributed by atoms with E-state index in [-0.39, 0.29) is 12.8 Å². The highest BCUT2D eigenvalue weighted by Gasteiger charge is 2.36. The van der Waals surface area contributed by atoms with Crippen molar-refractivity contribution >= 4 is 33.6 Å². The molecular weight excluding hydrogens is 338 g/mol. The molecule has 1 aromatic rings. The minimum Gasteiger partial charge on any atom is -0.480 e. The molecule has 2 amide bonds. The average Bonchev–Trinajstić information content (AvgIpc) is 2.44. The van der Waals surface area contributed by atoms with E-state index >= 15 is 0 Å². The number of carboxylic acids is 1. The third-order valence-corrected chi connectivity index (χ3v) is 3.81. The number of nitriles is 1. The number of nitrogens with one attached hydrogen (secondary N) is 2. The van der Waals surface area contributed by atoms with Crippen LogP contribution in [0.2, 0.25) is 0 Å². The molecule has 0 radical (unpaired) electrons. The van der Waals surface area contributed by atoms with Crippen LogP contribution < -0.4 is 10.6 Å². The molecule has 0 aromatic heterocycles. The van der Waals surface area contributed by atoms with Crippen LogP contribution in [0.5, 0.6) is 0 Å². The van der Waals surface area contributed by atoms with Gasteiger partial charge in [0.1, 0.15) is 11.6 Å². The maximum absolute atomic E-state index is 12.0. The molecule has 7 heteroatoms. The van der Waals surface area contributed by atoms with Crippen molar-refractivity contribution in [2.24, 2.45) is 0 Å². The van der Waals surface area contributed by atoms with Crippen LogP contribution in [-0.2, 0) is 4.79 Å². The first-order chi connectivity index (χ1) is 9.88. The third-order valence-electron chi connectivity index (χ3n) is 3.32. The Balaban J connectivity index is 2.95. The van der Waals surface area contributed by atoms with Gasteiger partial charge in [-0.05, 0) is 31.0 Å². The largest absolute Gasteiger partial charge is 0.480 e. The summed E-state index contributed by atoms with van der Waals surface area (Å²) in [5.74, 6) is -1.09. The lowest BCUT2D eigenvalue weighted by molar-refractivity contribution is -0.144. The lowest BCUT2D eigenvalue weighted by Crippen LogP contribution is -2.55. The number of benzene rings is 1. The Hall–Kier alpha value is -2.07. The molecule has 112 valence electrons. The molecule has 0 spiro atoms. The molecule has 0 aliphatic carbocycles. The van der Waals surface area contributed by atoms with Crippen molar-refractivity contribution in [3.63, 3.8) is 0 Å². The number of rotatable bonds is 5. The van der Waals surface area contributed by atoms with Crippen molar-refractivity contribution < 1.29 is 14.7 Å². The van der Waals surface area contributed by atoms with Crippen LogP contribution in [-0.4, -0.2) is 22.6 Å². The van der Waals surface area contributed by atoms with Gasteiger partial charge in [0.25, 0.3) is 0 Å². The second kappa shape index (κ2) is 7.09. The Morgan fingerprint density at radius 3 is 2.48 bits per heavy atom. The van der Waals surface area contributed by atoms with Crippen molar-refractivity contribution in [2.45, 2.75) is 32.2 Å². The van der Waals surface area contributed by atoms with Crippen molar-refractivity contribution in [1.82, 2.24) is 5.32 Å². The molecule has 0 unspecified atom stereocenters. The van der Waals surface area contributed by atoms with E-state index in [4.69, 9.17) is 5.26 Å². The van der Waals surface area contributed by atoms with Crippen molar-refractivity contribution in [2.75, 3.05) is 5.32 Å². The number of carboxylic acid groups (broad SMARTS) is 1. The van der Waals surface area contributed by atoms with Crippen LogP contribution in [0.1, 0.15) is 32.3 Å². The fourth-order valence-corrected chi connectivity index (χ4v) is 2.23. The van der Waals surface area contributed by atoms with Gasteiger partial charge in [-0.2, -0.15) is 5.26 Å². The van der Waals surface area contributed by atoms with Crippen molar-refractivity contribution in [3.05, 3.63) is 28.2 Å². The van der Waals surface area contributed by atoms with Crippen LogP contribution in [0.4, 0.5) is 10.5 Å². The number of nitrogens with zero attached hydrogens (tertiary/aromatic N) is 1. The van der Waals surface area contributed by atoms with E-state index in [1.807, 2.05) is 6.07 Å². The summed E-state index contributed by atoms with van der Waals surface area (Å²) < 4.78 is 0.701. The fraction of sp³-hybridized carbons (Fsp3) is 0.357. The standard InChI is InChI=1S/C14H16BrN3O3/c1-3-14(4-2,12(19)20)18-13(21)17-11-7-10(15)6-5-9(11)8-16/h5-7H,3-4H2,1-2H3,(H,19,20)(H2,17,18,21). The van der Waals surface area contributed by atoms with Gasteiger partial charge in [0, 0.05) is 4.47 Å². The molecule has 6 nitrogen and oxygen atoms in total. The molecule has 0 bridgehead atoms. The van der Waals surface area contributed by atoms with Gasteiger partial charge < -0.3 is 15.7 Å². The first-order valence-corrected chi connectivity index (χ1v) is 7.20. The summed E-state index contributed by atoms with van der Waals surface area (Å²) in [6.07, 6.45) is 0.520. The molecule has 0 fully saturated rings. The average molecular weight is 354 g/mol. The Kier molecular flexibility index (Phi) is 5.73. The first kappa shape index (κ1) is 17.0. The van der Waals surface area contributed by atoms with Gasteiger partial charge in [-0.25, -0.2) is 9.59 Å². The van der Waals surface area contributed by atoms with Crippen LogP contribution in [0.25, 0.3) is 0 Å². The van der Waals surface area contributed by atoms with E-state index in [1.165, 1.54) is 0 Å². The minimum absolute atomic E-state index is 0.260. The van der Waals surface area contributed by atoms with Gasteiger partial charge in [-0.15, -0.1) is 0 Å². The quantitative estimate of drug-likeness (QED) is 0.756. The molecule has 1 rings (SSSR count). The zero-order valence-corrected chi connectivity index (χ0v) is 13.3. The lowest BCUT2D eigenvalue weighted by atomic mass is 9.93. The highest BCUT2D eigenvalue weighted by molar-refractivity contribution is 9.10. The van der Waals surface area contributed by atoms with E-state index in [9.17, 15) is 14.7 Å². The number of anilines is 1. The second-order valence-electron chi connectivity index (χ2n) is 4.48. The zero-order chi connectivity index (χ0) is 16.0. The van der Waals surface area contributed by atoms with Crippen LogP contribution >= 0.6 is 15.9 Å². The molecule has 0 aliphatic rings. The number of halogens is 1. The van der Waals surface area contributed by atoms with E-state index in [1.54, 1.807) is 32.0 Å². The summed E-state index contributed by atoms with van der Waals surface area (Å²) in [6.45, 7) is 3.38. The summed E-state index contributed by atoms with van der Waals surface area (Å²) in [5.41, 5.74) is -0.707. The lowest BCUT2D eigenvalue weighted by Gasteiger charge is -2.28. The molecule has 0 atom stereocenters. The number of hydrogen-bond acceptors (Lipinski definition) is 3. The molecule has 0 saturated heterocycles. The van der Waals surface area contributed by atoms with Crippen molar-refractivity contribution in [1.29, 1.82) is 5.26 Å². The van der Waals surface area contributed by atoms with Gasteiger partial charge in [-0.1, -0.05) is 29.8 Å². The molecule has 1 aromatic carbocycles. The summed E-state index contributed by atoms with van der Waals surface area (Å²) in [6, 6.07) is 6.13. The van der Waals surface area contributed by atoms with Crippen LogP contribution in [0.15, 0.2) is 22.7 Å². The summed E-state index contributed by atoms with van der Waals surface area (Å²) in [4.78, 5) is 23.4. The number of amides is 2. The van der Waals surface area contributed by atoms with Crippen molar-refractivity contribution in [3.8, 4) is 6.07 Å². The second-order valence-corrected chi connectivity index (χ2v) is 5.39. The van der Waals surface area contributed by atoms with E-state index in [0.717, 1.165) is 0 Å². The molecule has 0 saturated carbocycles. The monoisotopic (exact) mass is 353 g/mol. The smallest absolute Gasteiger partial charge is 0.329 e. The molecule has 0 heterocycles. The maximum Gasteiger partial charge on any atom is 0.329 e.